The van der Waals surface area contributed by atoms with Crippen LogP contribution in [0.4, 0.5) is 8.78 Å². The van der Waals surface area contributed by atoms with Gasteiger partial charge in [0, 0.05) is 0 Å². The molecule has 0 aliphatic heterocycles. The van der Waals surface area contributed by atoms with Crippen molar-refractivity contribution in [3.63, 3.8) is 0 Å². The maximum Gasteiger partial charge on any atom is 0.307 e. The molecule has 7 rings (SSSR count). The van der Waals surface area contributed by atoms with Crippen LogP contribution in [0.3, 0.4) is 0 Å². The summed E-state index contributed by atoms with van der Waals surface area (Å²) < 4.78 is 29.7. The Morgan fingerprint density at radius 3 is 2.71 bits per heavy atom. The molecule has 7 nitrogen and oxygen atoms in total. The van der Waals surface area contributed by atoms with Gasteiger partial charge in [-0.1, -0.05) is 6.07 Å². The Morgan fingerprint density at radius 1 is 1.18 bits per heavy atom. The van der Waals surface area contributed by atoms with Crippen molar-refractivity contribution in [1.82, 2.24) is 25.1 Å². The lowest BCUT2D eigenvalue weighted by molar-refractivity contribution is -0.152. The van der Waals surface area contributed by atoms with E-state index in [9.17, 15) is 14.3 Å². The lowest BCUT2D eigenvalue weighted by Crippen LogP contribution is -2.45. The van der Waals surface area contributed by atoms with Crippen LogP contribution in [0.2, 0.25) is 0 Å². The first-order chi connectivity index (χ1) is 16.5. The minimum atomic E-state index is -0.811. The monoisotopic (exact) mass is 481 g/mol. The van der Waals surface area contributed by atoms with Gasteiger partial charge in [0.15, 0.2) is 17.3 Å². The molecule has 0 radical (unpaired) electrons. The van der Waals surface area contributed by atoms with E-state index < -0.39 is 23.5 Å². The summed E-state index contributed by atoms with van der Waals surface area (Å²) in [7, 11) is 0. The van der Waals surface area contributed by atoms with Crippen molar-refractivity contribution >= 4 is 28.3 Å². The van der Waals surface area contributed by atoms with Gasteiger partial charge in [-0.25, -0.2) is 23.7 Å². The summed E-state index contributed by atoms with van der Waals surface area (Å²) in [6.45, 7) is 0. The van der Waals surface area contributed by atoms with Crippen LogP contribution in [0.15, 0.2) is 29.8 Å². The smallest absolute Gasteiger partial charge is 0.307 e. The van der Waals surface area contributed by atoms with E-state index in [2.05, 4.69) is 25.1 Å². The van der Waals surface area contributed by atoms with Gasteiger partial charge in [0.1, 0.15) is 17.2 Å². The largest absolute Gasteiger partial charge is 0.481 e. The van der Waals surface area contributed by atoms with Crippen molar-refractivity contribution in [2.45, 2.75) is 32.1 Å². The van der Waals surface area contributed by atoms with Crippen molar-refractivity contribution in [3.8, 4) is 22.1 Å². The minimum Gasteiger partial charge on any atom is -0.481 e. The highest BCUT2D eigenvalue weighted by molar-refractivity contribution is 7.13. The third kappa shape index (κ3) is 3.48. The molecule has 0 spiro atoms. The number of nitrogens with zero attached hydrogens (tertiary/aromatic N) is 4. The Hall–Kier alpha value is -3.27. The van der Waals surface area contributed by atoms with Crippen LogP contribution in [-0.2, 0) is 11.2 Å². The highest BCUT2D eigenvalue weighted by Gasteiger charge is 2.47. The number of hydrogen-bond donors (Lipinski definition) is 2. The molecule has 10 heteroatoms. The summed E-state index contributed by atoms with van der Waals surface area (Å²) >= 11 is 1.35. The van der Waals surface area contributed by atoms with Gasteiger partial charge in [-0.2, -0.15) is 5.10 Å². The molecule has 0 amide bonds. The van der Waals surface area contributed by atoms with Crippen LogP contribution in [-0.4, -0.2) is 36.2 Å². The Balaban J connectivity index is 1.49. The van der Waals surface area contributed by atoms with Crippen LogP contribution >= 0.6 is 11.3 Å². The van der Waals surface area contributed by atoms with E-state index >= 15 is 4.39 Å². The van der Waals surface area contributed by atoms with Crippen molar-refractivity contribution < 1.29 is 18.7 Å². The Kier molecular flexibility index (Phi) is 5.13. The summed E-state index contributed by atoms with van der Waals surface area (Å²) in [5.41, 5.74) is 0.986. The average Bonchev–Trinajstić information content (AvgIpc) is 3.51. The number of H-pyrrole nitrogens is 1. The van der Waals surface area contributed by atoms with Crippen molar-refractivity contribution in [2.75, 3.05) is 0 Å². The number of aromatic amines is 1. The number of fused-ring (bicyclic) bond motifs is 4. The topological polar surface area (TPSA) is 105 Å². The summed E-state index contributed by atoms with van der Waals surface area (Å²) in [4.78, 5) is 25.8. The second kappa shape index (κ2) is 8.19. The fourth-order valence-electron chi connectivity index (χ4n) is 5.84. The van der Waals surface area contributed by atoms with Gasteiger partial charge in [0.05, 0.1) is 28.1 Å². The number of carboxylic acids is 1. The van der Waals surface area contributed by atoms with Gasteiger partial charge < -0.3 is 5.11 Å². The Labute approximate surface area is 197 Å². The third-order valence-electron chi connectivity index (χ3n) is 7.38. The van der Waals surface area contributed by atoms with Gasteiger partial charge in [-0.3, -0.25) is 9.89 Å². The maximum atomic E-state index is 15.8. The summed E-state index contributed by atoms with van der Waals surface area (Å²) in [6.07, 6.45) is 5.05. The van der Waals surface area contributed by atoms with Gasteiger partial charge in [-0.15, -0.1) is 11.3 Å². The predicted molar refractivity (Wildman–Crippen MR) is 122 cm³/mol. The molecule has 0 saturated heterocycles. The second-order valence-electron chi connectivity index (χ2n) is 9.16. The molecule has 4 heterocycles. The number of carboxylic acid groups (broad SMARTS) is 1. The van der Waals surface area contributed by atoms with E-state index in [0.717, 1.165) is 31.9 Å². The average molecular weight is 482 g/mol. The summed E-state index contributed by atoms with van der Waals surface area (Å²) in [6, 6.07) is 4.88. The highest BCUT2D eigenvalue weighted by Crippen LogP contribution is 2.50. The highest BCUT2D eigenvalue weighted by atomic mass is 32.1. The van der Waals surface area contributed by atoms with Gasteiger partial charge in [0.25, 0.3) is 0 Å². The van der Waals surface area contributed by atoms with Crippen molar-refractivity contribution in [1.29, 1.82) is 0 Å². The zero-order valence-corrected chi connectivity index (χ0v) is 18.9. The molecule has 2 bridgehead atoms. The SMILES string of the molecule is O=C(O)[C@H]1C2CCC(CC2)[C@@H]1Cc1nc(-c2[nH]nc3ncc(F)cc23)nc(-c2cccs2)c1F. The van der Waals surface area contributed by atoms with Crippen LogP contribution in [0.5, 0.6) is 0 Å². The molecule has 3 aliphatic carbocycles. The molecule has 2 atom stereocenters. The third-order valence-corrected chi connectivity index (χ3v) is 8.26. The second-order valence-corrected chi connectivity index (χ2v) is 10.1. The van der Waals surface area contributed by atoms with Gasteiger partial charge in [-0.05, 0) is 67.4 Å². The number of halogens is 2. The van der Waals surface area contributed by atoms with Crippen molar-refractivity contribution in [2.24, 2.45) is 23.7 Å². The molecule has 3 saturated carbocycles. The van der Waals surface area contributed by atoms with Crippen LogP contribution < -0.4 is 0 Å². The number of pyridine rings is 1. The Morgan fingerprint density at radius 2 is 1.97 bits per heavy atom. The van der Waals surface area contributed by atoms with E-state index in [4.69, 9.17) is 0 Å². The maximum absolute atomic E-state index is 15.8. The first-order valence-corrected chi connectivity index (χ1v) is 12.2. The molecule has 174 valence electrons. The number of thiophene rings is 1. The zero-order valence-electron chi connectivity index (χ0n) is 18.0. The van der Waals surface area contributed by atoms with E-state index in [1.165, 1.54) is 17.4 Å². The van der Waals surface area contributed by atoms with Crippen molar-refractivity contribution in [3.05, 3.63) is 47.1 Å². The predicted octanol–water partition coefficient (Wildman–Crippen LogP) is 5.10. The molecule has 34 heavy (non-hydrogen) atoms. The van der Waals surface area contributed by atoms with E-state index in [1.807, 2.05) is 11.4 Å². The first kappa shape index (κ1) is 21.3. The number of rotatable bonds is 5. The van der Waals surface area contributed by atoms with E-state index in [0.29, 0.717) is 21.6 Å². The van der Waals surface area contributed by atoms with Gasteiger partial charge >= 0.3 is 5.97 Å². The molecule has 3 aliphatic rings. The molecule has 0 aromatic carbocycles. The number of nitrogens with one attached hydrogen (secondary N) is 1. The molecule has 0 unspecified atom stereocenters. The lowest BCUT2D eigenvalue weighted by atomic mass is 9.57. The number of aliphatic carboxylic acids is 1. The fourth-order valence-corrected chi connectivity index (χ4v) is 6.55. The zero-order chi connectivity index (χ0) is 23.4. The van der Waals surface area contributed by atoms with Crippen LogP contribution in [0.25, 0.3) is 33.1 Å². The summed E-state index contributed by atoms with van der Waals surface area (Å²) in [5, 5.41) is 19.1. The molecule has 2 N–H and O–H groups in total. The number of hydrogen-bond acceptors (Lipinski definition) is 6. The Bertz CT molecular complexity index is 1380. The molecule has 4 aromatic heterocycles. The van der Waals surface area contributed by atoms with E-state index in [1.54, 1.807) is 6.07 Å². The number of carbonyl (C=O) groups is 1. The normalized spacial score (nSPS) is 24.1. The molecule has 4 aromatic rings. The molecular formula is C24H21F2N5O2S. The fraction of sp³-hybridized carbons (Fsp3) is 0.375. The van der Waals surface area contributed by atoms with Gasteiger partial charge in [0.2, 0.25) is 0 Å². The van der Waals surface area contributed by atoms with E-state index in [-0.39, 0.29) is 41.4 Å². The number of aromatic nitrogens is 5. The molecular weight excluding hydrogens is 460 g/mol. The van der Waals surface area contributed by atoms with Crippen LogP contribution in [0.1, 0.15) is 31.4 Å². The van der Waals surface area contributed by atoms with Crippen LogP contribution in [0, 0.1) is 35.3 Å². The first-order valence-electron chi connectivity index (χ1n) is 11.3. The summed E-state index contributed by atoms with van der Waals surface area (Å²) in [5.74, 6) is -2.02. The quantitative estimate of drug-likeness (QED) is 0.411. The molecule has 3 fully saturated rings. The standard InChI is InChI=1S/C24H21F2N5O2S/c25-13-8-15-20(30-31-22(15)27-10-13)23-28-16(19(26)21(29-23)17-2-1-7-34-17)9-14-11-3-5-12(6-4-11)18(14)24(32)33/h1-2,7-8,10-12,14,18H,3-6,9H2,(H,32,33)(H,27,30,31)/t11?,12?,14-,18-/m0/s1. The minimum absolute atomic E-state index is 0.124. The lowest BCUT2D eigenvalue weighted by Gasteiger charge is -2.46.